The molecule has 0 saturated carbocycles. The minimum Gasteiger partial charge on any atom is -0.356 e. The molecule has 0 saturated heterocycles. The average molecular weight is 432 g/mol. The lowest BCUT2D eigenvalue weighted by atomic mass is 10.1. The minimum absolute atomic E-state index is 0. The highest BCUT2D eigenvalue weighted by atomic mass is 127. The first kappa shape index (κ1) is 22.2. The van der Waals surface area contributed by atoms with Crippen LogP contribution in [-0.4, -0.2) is 50.1 Å². The monoisotopic (exact) mass is 432 g/mol. The number of benzene rings is 1. The molecule has 0 aliphatic rings. The van der Waals surface area contributed by atoms with E-state index in [1.54, 1.807) is 0 Å². The Morgan fingerprint density at radius 1 is 1.13 bits per heavy atom. The van der Waals surface area contributed by atoms with Crippen LogP contribution in [0.4, 0.5) is 0 Å². The van der Waals surface area contributed by atoms with Gasteiger partial charge >= 0.3 is 0 Å². The van der Waals surface area contributed by atoms with Crippen LogP contribution in [0.3, 0.4) is 0 Å². The van der Waals surface area contributed by atoms with Gasteiger partial charge in [0.25, 0.3) is 0 Å². The van der Waals surface area contributed by atoms with Gasteiger partial charge in [0.2, 0.25) is 0 Å². The van der Waals surface area contributed by atoms with E-state index in [1.807, 2.05) is 7.05 Å². The van der Waals surface area contributed by atoms with Crippen molar-refractivity contribution < 1.29 is 0 Å². The van der Waals surface area contributed by atoms with Crippen LogP contribution in [0.25, 0.3) is 0 Å². The maximum atomic E-state index is 4.29. The summed E-state index contributed by atoms with van der Waals surface area (Å²) in [5.74, 6) is 0.895. The molecule has 2 N–H and O–H groups in total. The van der Waals surface area contributed by atoms with E-state index in [0.717, 1.165) is 45.0 Å². The molecular weight excluding hydrogens is 399 g/mol. The van der Waals surface area contributed by atoms with Crippen LogP contribution in [0.2, 0.25) is 0 Å². The molecule has 0 spiro atoms. The molecule has 4 nitrogen and oxygen atoms in total. The number of rotatable bonds is 9. The van der Waals surface area contributed by atoms with Gasteiger partial charge in [-0.25, -0.2) is 0 Å². The third-order valence-electron chi connectivity index (χ3n) is 4.00. The lowest BCUT2D eigenvalue weighted by molar-refractivity contribution is 0.231. The summed E-state index contributed by atoms with van der Waals surface area (Å²) in [4.78, 5) is 6.73. The Labute approximate surface area is 159 Å². The molecule has 0 radical (unpaired) electrons. The molecule has 1 atom stereocenters. The van der Waals surface area contributed by atoms with Gasteiger partial charge in [-0.05, 0) is 38.4 Å². The zero-order valence-electron chi connectivity index (χ0n) is 15.0. The van der Waals surface area contributed by atoms with Gasteiger partial charge < -0.3 is 10.6 Å². The predicted octanol–water partition coefficient (Wildman–Crippen LogP) is 3.13. The minimum atomic E-state index is 0. The smallest absolute Gasteiger partial charge is 0.191 e. The molecule has 5 heteroatoms. The number of nitrogens with zero attached hydrogens (tertiary/aromatic N) is 2. The molecule has 132 valence electrons. The van der Waals surface area contributed by atoms with Crippen molar-refractivity contribution in [2.45, 2.75) is 39.7 Å². The van der Waals surface area contributed by atoms with E-state index in [-0.39, 0.29) is 24.0 Å². The van der Waals surface area contributed by atoms with Gasteiger partial charge in [-0.15, -0.1) is 24.0 Å². The first-order valence-electron chi connectivity index (χ1n) is 8.43. The summed E-state index contributed by atoms with van der Waals surface area (Å²) in [5.41, 5.74) is 1.39. The summed E-state index contributed by atoms with van der Waals surface area (Å²) in [6.07, 6.45) is 2.21. The van der Waals surface area contributed by atoms with Crippen molar-refractivity contribution in [3.63, 3.8) is 0 Å². The topological polar surface area (TPSA) is 39.7 Å². The van der Waals surface area contributed by atoms with Gasteiger partial charge in [0.15, 0.2) is 5.96 Å². The van der Waals surface area contributed by atoms with E-state index in [9.17, 15) is 0 Å². The van der Waals surface area contributed by atoms with Crippen LogP contribution in [0, 0.1) is 0 Å². The fourth-order valence-electron chi connectivity index (χ4n) is 2.59. The number of guanidine groups is 1. The highest BCUT2D eigenvalue weighted by Crippen LogP contribution is 2.01. The predicted molar refractivity (Wildman–Crippen MR) is 112 cm³/mol. The zero-order chi connectivity index (χ0) is 16.2. The molecule has 0 bridgehead atoms. The van der Waals surface area contributed by atoms with Gasteiger partial charge in [0, 0.05) is 26.2 Å². The second-order valence-corrected chi connectivity index (χ2v) is 5.54. The van der Waals surface area contributed by atoms with Crippen LogP contribution in [0.5, 0.6) is 0 Å². The third-order valence-corrected chi connectivity index (χ3v) is 4.00. The molecule has 0 aromatic heterocycles. The first-order valence-corrected chi connectivity index (χ1v) is 8.43. The van der Waals surface area contributed by atoms with Crippen LogP contribution in [0.1, 0.15) is 32.8 Å². The molecule has 0 aliphatic heterocycles. The molecule has 23 heavy (non-hydrogen) atoms. The van der Waals surface area contributed by atoms with Crippen molar-refractivity contribution in [2.75, 3.05) is 33.2 Å². The summed E-state index contributed by atoms with van der Waals surface area (Å²) in [6, 6.07) is 11.1. The maximum Gasteiger partial charge on any atom is 0.191 e. The van der Waals surface area contributed by atoms with Crippen molar-refractivity contribution >= 4 is 29.9 Å². The normalized spacial score (nSPS) is 12.7. The lowest BCUT2D eigenvalue weighted by Gasteiger charge is -2.27. The van der Waals surface area contributed by atoms with Gasteiger partial charge in [-0.1, -0.05) is 44.2 Å². The van der Waals surface area contributed by atoms with Crippen molar-refractivity contribution in [1.82, 2.24) is 15.5 Å². The number of nitrogens with one attached hydrogen (secondary N) is 2. The number of likely N-dealkylation sites (N-methyl/N-ethyl adjacent to an activating group) is 1. The quantitative estimate of drug-likeness (QED) is 0.273. The second-order valence-electron chi connectivity index (χ2n) is 5.54. The molecule has 0 amide bonds. The molecular formula is C18H33IN4. The van der Waals surface area contributed by atoms with E-state index in [1.165, 1.54) is 5.56 Å². The Hall–Kier alpha value is -0.820. The molecule has 1 rings (SSSR count). The summed E-state index contributed by atoms with van der Waals surface area (Å²) in [5, 5.41) is 6.80. The third kappa shape index (κ3) is 9.15. The number of hydrogen-bond acceptors (Lipinski definition) is 2. The Morgan fingerprint density at radius 3 is 2.35 bits per heavy atom. The Balaban J connectivity index is 0.00000484. The highest BCUT2D eigenvalue weighted by molar-refractivity contribution is 14.0. The standard InChI is InChI=1S/C18H32N4.HI/c1-5-22(6-2)16(3)15-21-18(19-4)20-14-10-13-17-11-8-7-9-12-17;/h7-9,11-12,16H,5-6,10,13-15H2,1-4H3,(H2,19,20,21);1H. The van der Waals surface area contributed by atoms with E-state index in [4.69, 9.17) is 0 Å². The fraction of sp³-hybridized carbons (Fsp3) is 0.611. The molecule has 1 aromatic rings. The van der Waals surface area contributed by atoms with Gasteiger partial charge in [0.1, 0.15) is 0 Å². The van der Waals surface area contributed by atoms with Crippen LogP contribution in [0.15, 0.2) is 35.3 Å². The lowest BCUT2D eigenvalue weighted by Crippen LogP contribution is -2.46. The summed E-state index contributed by atoms with van der Waals surface area (Å²) < 4.78 is 0. The summed E-state index contributed by atoms with van der Waals surface area (Å²) in [7, 11) is 1.83. The van der Waals surface area contributed by atoms with E-state index < -0.39 is 0 Å². The second kappa shape index (κ2) is 13.6. The van der Waals surface area contributed by atoms with Gasteiger partial charge in [0.05, 0.1) is 0 Å². The Kier molecular flexibility index (Phi) is 13.1. The maximum absolute atomic E-state index is 4.29. The summed E-state index contributed by atoms with van der Waals surface area (Å²) >= 11 is 0. The average Bonchev–Trinajstić information content (AvgIpc) is 2.56. The SMILES string of the molecule is CCN(CC)C(C)CNC(=NC)NCCCc1ccccc1.I. The van der Waals surface area contributed by atoms with Crippen LogP contribution in [-0.2, 0) is 6.42 Å². The summed E-state index contributed by atoms with van der Waals surface area (Å²) in [6.45, 7) is 10.7. The van der Waals surface area contributed by atoms with E-state index in [2.05, 4.69) is 71.6 Å². The number of halogens is 1. The van der Waals surface area contributed by atoms with Gasteiger partial charge in [-0.3, -0.25) is 9.89 Å². The zero-order valence-corrected chi connectivity index (χ0v) is 17.3. The first-order chi connectivity index (χ1) is 10.7. The van der Waals surface area contributed by atoms with Crippen molar-refractivity contribution in [2.24, 2.45) is 4.99 Å². The van der Waals surface area contributed by atoms with Crippen LogP contribution < -0.4 is 10.6 Å². The number of hydrogen-bond donors (Lipinski definition) is 2. The number of aryl methyl sites for hydroxylation is 1. The molecule has 1 aromatic carbocycles. The number of aliphatic imine (C=N–C) groups is 1. The highest BCUT2D eigenvalue weighted by Gasteiger charge is 2.10. The largest absolute Gasteiger partial charge is 0.356 e. The molecule has 1 unspecified atom stereocenters. The van der Waals surface area contributed by atoms with Crippen molar-refractivity contribution in [3.8, 4) is 0 Å². The molecule has 0 aliphatic carbocycles. The molecule has 0 fully saturated rings. The Bertz CT molecular complexity index is 418. The molecule has 0 heterocycles. The fourth-order valence-corrected chi connectivity index (χ4v) is 2.59. The van der Waals surface area contributed by atoms with Gasteiger partial charge in [-0.2, -0.15) is 0 Å². The van der Waals surface area contributed by atoms with Crippen LogP contribution >= 0.6 is 24.0 Å². The van der Waals surface area contributed by atoms with Crippen molar-refractivity contribution in [3.05, 3.63) is 35.9 Å². The Morgan fingerprint density at radius 2 is 1.78 bits per heavy atom. The van der Waals surface area contributed by atoms with E-state index >= 15 is 0 Å². The van der Waals surface area contributed by atoms with Crippen molar-refractivity contribution in [1.29, 1.82) is 0 Å². The van der Waals surface area contributed by atoms with E-state index in [0.29, 0.717) is 6.04 Å².